The second kappa shape index (κ2) is 3.84. The van der Waals surface area contributed by atoms with E-state index in [9.17, 15) is 5.11 Å². The van der Waals surface area contributed by atoms with Crippen LogP contribution >= 0.6 is 0 Å². The largest absolute Gasteiger partial charge is 0.385 e. The minimum Gasteiger partial charge on any atom is -0.385 e. The summed E-state index contributed by atoms with van der Waals surface area (Å²) < 4.78 is 5.42. The lowest BCUT2D eigenvalue weighted by Gasteiger charge is -2.37. The highest BCUT2D eigenvalue weighted by Crippen LogP contribution is 2.37. The van der Waals surface area contributed by atoms with Crippen molar-refractivity contribution in [1.82, 2.24) is 5.32 Å². The molecule has 0 aromatic heterocycles. The monoisotopic (exact) mass is 219 g/mol. The van der Waals surface area contributed by atoms with Crippen molar-refractivity contribution < 1.29 is 9.84 Å². The molecule has 2 atom stereocenters. The first-order valence-corrected chi connectivity index (χ1v) is 5.91. The fourth-order valence-corrected chi connectivity index (χ4v) is 2.81. The van der Waals surface area contributed by atoms with Gasteiger partial charge in [0.25, 0.3) is 0 Å². The van der Waals surface area contributed by atoms with Gasteiger partial charge in [-0.1, -0.05) is 24.3 Å². The first-order chi connectivity index (χ1) is 7.80. The van der Waals surface area contributed by atoms with E-state index in [0.29, 0.717) is 6.61 Å². The Kier molecular flexibility index (Phi) is 2.46. The van der Waals surface area contributed by atoms with Crippen LogP contribution in [-0.2, 0) is 11.3 Å². The summed E-state index contributed by atoms with van der Waals surface area (Å²) in [5.41, 5.74) is 1.80. The van der Waals surface area contributed by atoms with Gasteiger partial charge in [-0.25, -0.2) is 0 Å². The molecular weight excluding hydrogens is 202 g/mol. The van der Waals surface area contributed by atoms with Gasteiger partial charge >= 0.3 is 0 Å². The molecule has 3 heteroatoms. The summed E-state index contributed by atoms with van der Waals surface area (Å²) in [4.78, 5) is 0. The molecule has 0 spiro atoms. The van der Waals surface area contributed by atoms with E-state index in [-0.39, 0.29) is 6.04 Å². The molecule has 2 aliphatic rings. The molecule has 2 N–H and O–H groups in total. The van der Waals surface area contributed by atoms with Gasteiger partial charge in [-0.15, -0.1) is 0 Å². The Morgan fingerprint density at radius 3 is 3.06 bits per heavy atom. The van der Waals surface area contributed by atoms with Crippen molar-refractivity contribution in [3.05, 3.63) is 35.4 Å². The Bertz CT molecular complexity index is 385. The molecule has 2 unspecified atom stereocenters. The van der Waals surface area contributed by atoms with Crippen LogP contribution in [0, 0.1) is 0 Å². The maximum absolute atomic E-state index is 10.6. The summed E-state index contributed by atoms with van der Waals surface area (Å²) in [5, 5.41) is 14.0. The normalized spacial score (nSPS) is 33.7. The molecule has 1 aromatic rings. The third-order valence-electron chi connectivity index (χ3n) is 3.65. The number of nitrogens with one attached hydrogen (secondary N) is 1. The Labute approximate surface area is 95.4 Å². The van der Waals surface area contributed by atoms with Gasteiger partial charge in [0.1, 0.15) is 5.60 Å². The number of aliphatic hydroxyl groups is 1. The van der Waals surface area contributed by atoms with Gasteiger partial charge < -0.3 is 15.2 Å². The van der Waals surface area contributed by atoms with Crippen LogP contribution < -0.4 is 5.32 Å². The summed E-state index contributed by atoms with van der Waals surface area (Å²) in [7, 11) is 0. The molecule has 0 amide bonds. The lowest BCUT2D eigenvalue weighted by atomic mass is 9.85. The molecule has 2 aliphatic heterocycles. The fourth-order valence-electron chi connectivity index (χ4n) is 2.81. The van der Waals surface area contributed by atoms with Gasteiger partial charge in [-0.05, 0) is 24.0 Å². The van der Waals surface area contributed by atoms with Crippen LogP contribution in [0.1, 0.15) is 30.0 Å². The Hall–Kier alpha value is -0.900. The van der Waals surface area contributed by atoms with E-state index in [1.807, 2.05) is 12.1 Å². The number of ether oxygens (including phenoxy) is 1. The highest BCUT2D eigenvalue weighted by molar-refractivity contribution is 5.36. The molecule has 3 nitrogen and oxygen atoms in total. The lowest BCUT2D eigenvalue weighted by molar-refractivity contribution is -0.105. The van der Waals surface area contributed by atoms with Crippen molar-refractivity contribution in [3.8, 4) is 0 Å². The summed E-state index contributed by atoms with van der Waals surface area (Å²) in [5.74, 6) is 0. The first-order valence-electron chi connectivity index (χ1n) is 5.91. The predicted octanol–water partition coefficient (Wildman–Crippen LogP) is 1.37. The van der Waals surface area contributed by atoms with Gasteiger partial charge in [0, 0.05) is 13.2 Å². The second-order valence-corrected chi connectivity index (χ2v) is 4.77. The zero-order valence-electron chi connectivity index (χ0n) is 9.28. The van der Waals surface area contributed by atoms with Crippen LogP contribution in [0.15, 0.2) is 24.3 Å². The molecule has 1 fully saturated rings. The topological polar surface area (TPSA) is 41.5 Å². The quantitative estimate of drug-likeness (QED) is 0.749. The van der Waals surface area contributed by atoms with E-state index >= 15 is 0 Å². The number of benzene rings is 1. The molecular formula is C13H17NO2. The van der Waals surface area contributed by atoms with Gasteiger partial charge in [0.15, 0.2) is 0 Å². The third kappa shape index (κ3) is 1.56. The summed E-state index contributed by atoms with van der Waals surface area (Å²) >= 11 is 0. The molecule has 0 aliphatic carbocycles. The molecule has 3 rings (SSSR count). The fraction of sp³-hybridized carbons (Fsp3) is 0.538. The van der Waals surface area contributed by atoms with E-state index < -0.39 is 5.60 Å². The van der Waals surface area contributed by atoms with Crippen LogP contribution in [0.2, 0.25) is 0 Å². The Morgan fingerprint density at radius 2 is 2.25 bits per heavy atom. The second-order valence-electron chi connectivity index (χ2n) is 4.77. The average Bonchev–Trinajstić information content (AvgIpc) is 2.74. The molecule has 16 heavy (non-hydrogen) atoms. The first kappa shape index (κ1) is 10.3. The van der Waals surface area contributed by atoms with Crippen molar-refractivity contribution in [3.63, 3.8) is 0 Å². The van der Waals surface area contributed by atoms with Crippen molar-refractivity contribution in [2.45, 2.75) is 31.0 Å². The Morgan fingerprint density at radius 1 is 1.38 bits per heavy atom. The predicted molar refractivity (Wildman–Crippen MR) is 61.0 cm³/mol. The van der Waals surface area contributed by atoms with Gasteiger partial charge in [-0.2, -0.15) is 0 Å². The molecule has 0 saturated carbocycles. The van der Waals surface area contributed by atoms with Crippen LogP contribution in [0.4, 0.5) is 0 Å². The number of fused-ring (bicyclic) bond motifs is 1. The number of rotatable bonds is 1. The van der Waals surface area contributed by atoms with Crippen LogP contribution in [-0.4, -0.2) is 23.9 Å². The summed E-state index contributed by atoms with van der Waals surface area (Å²) in [6.45, 7) is 2.07. The van der Waals surface area contributed by atoms with E-state index in [4.69, 9.17) is 4.74 Å². The van der Waals surface area contributed by atoms with Crippen molar-refractivity contribution in [2.24, 2.45) is 0 Å². The third-order valence-corrected chi connectivity index (χ3v) is 3.65. The summed E-state index contributed by atoms with van der Waals surface area (Å²) in [6.07, 6.45) is 1.76. The van der Waals surface area contributed by atoms with Crippen LogP contribution in [0.25, 0.3) is 0 Å². The van der Waals surface area contributed by atoms with Gasteiger partial charge in [0.05, 0.1) is 12.6 Å². The van der Waals surface area contributed by atoms with E-state index in [0.717, 1.165) is 26.0 Å². The smallest absolute Gasteiger partial charge is 0.107 e. The van der Waals surface area contributed by atoms with E-state index in [1.165, 1.54) is 11.1 Å². The van der Waals surface area contributed by atoms with Crippen LogP contribution in [0.3, 0.4) is 0 Å². The average molecular weight is 219 g/mol. The minimum absolute atomic E-state index is 0.0315. The maximum atomic E-state index is 10.6. The highest BCUT2D eigenvalue weighted by atomic mass is 16.5. The lowest BCUT2D eigenvalue weighted by Crippen LogP contribution is -2.47. The zero-order chi connectivity index (χ0) is 11.0. The molecule has 1 aromatic carbocycles. The zero-order valence-corrected chi connectivity index (χ0v) is 9.28. The Balaban J connectivity index is 1.91. The van der Waals surface area contributed by atoms with Crippen molar-refractivity contribution in [1.29, 1.82) is 0 Å². The van der Waals surface area contributed by atoms with Gasteiger partial charge in [-0.3, -0.25) is 0 Å². The maximum Gasteiger partial charge on any atom is 0.107 e. The molecule has 0 radical (unpaired) electrons. The summed E-state index contributed by atoms with van der Waals surface area (Å²) in [6, 6.07) is 8.34. The molecule has 1 saturated heterocycles. The molecule has 0 bridgehead atoms. The molecule has 2 heterocycles. The van der Waals surface area contributed by atoms with Crippen LogP contribution in [0.5, 0.6) is 0 Å². The number of hydrogen-bond donors (Lipinski definition) is 2. The van der Waals surface area contributed by atoms with E-state index in [1.54, 1.807) is 0 Å². The standard InChI is InChI=1S/C13H17NO2/c15-13(6-3-7-16-9-13)12-11-5-2-1-4-10(11)8-14-12/h1-2,4-5,12,14-15H,3,6-9H2. The highest BCUT2D eigenvalue weighted by Gasteiger charge is 2.42. The molecule has 86 valence electrons. The van der Waals surface area contributed by atoms with Crippen molar-refractivity contribution >= 4 is 0 Å². The minimum atomic E-state index is -0.731. The number of hydrogen-bond acceptors (Lipinski definition) is 3. The van der Waals surface area contributed by atoms with E-state index in [2.05, 4.69) is 17.4 Å². The van der Waals surface area contributed by atoms with Gasteiger partial charge in [0.2, 0.25) is 0 Å². The van der Waals surface area contributed by atoms with Crippen molar-refractivity contribution in [2.75, 3.05) is 13.2 Å². The SMILES string of the molecule is OC1(C2NCc3ccccc32)CCCOC1.